The van der Waals surface area contributed by atoms with Crippen molar-refractivity contribution in [3.8, 4) is 0 Å². The molecule has 1 N–H and O–H groups in total. The molecule has 3 amide bonds. The smallest absolute Gasteiger partial charge is 0.323 e. The Morgan fingerprint density at radius 1 is 1.42 bits per heavy atom. The first-order valence-electron chi connectivity index (χ1n) is 6.50. The molecule has 0 bridgehead atoms. The number of aromatic nitrogens is 2. The van der Waals surface area contributed by atoms with E-state index in [0.717, 1.165) is 12.1 Å². The summed E-state index contributed by atoms with van der Waals surface area (Å²) in [5.74, 6) is -0.246. The van der Waals surface area contributed by atoms with E-state index >= 15 is 0 Å². The third kappa shape index (κ3) is 2.01. The normalized spacial score (nSPS) is 19.7. The lowest BCUT2D eigenvalue weighted by Gasteiger charge is -2.16. The number of rotatable bonds is 3. The molecular weight excluding hydrogens is 244 g/mol. The number of carbonyl (C=O) groups excluding carboxylic acids is 2. The molecule has 0 saturated carbocycles. The highest BCUT2D eigenvalue weighted by Crippen LogP contribution is 2.28. The lowest BCUT2D eigenvalue weighted by Crippen LogP contribution is -2.40. The fraction of sp³-hybridized carbons (Fsp3) is 0.615. The second-order valence-electron chi connectivity index (χ2n) is 5.51. The van der Waals surface area contributed by atoms with Gasteiger partial charge < -0.3 is 5.32 Å². The van der Waals surface area contributed by atoms with Crippen molar-refractivity contribution in [3.05, 3.63) is 11.9 Å². The van der Waals surface area contributed by atoms with Gasteiger partial charge in [-0.25, -0.2) is 9.69 Å². The summed E-state index contributed by atoms with van der Waals surface area (Å²) < 4.78 is 1.85. The van der Waals surface area contributed by atoms with Gasteiger partial charge in [0, 0.05) is 6.04 Å². The minimum atomic E-state index is -0.859. The number of carbonyl (C=O) groups is 2. The van der Waals surface area contributed by atoms with Crippen LogP contribution < -0.4 is 10.2 Å². The quantitative estimate of drug-likeness (QED) is 0.849. The van der Waals surface area contributed by atoms with Crippen LogP contribution >= 0.6 is 0 Å². The molecule has 0 aliphatic carbocycles. The molecule has 1 aliphatic rings. The van der Waals surface area contributed by atoms with E-state index in [1.165, 1.54) is 4.90 Å². The fourth-order valence-corrected chi connectivity index (χ4v) is 2.22. The Kier molecular flexibility index (Phi) is 3.12. The highest BCUT2D eigenvalue weighted by atomic mass is 16.2. The molecule has 19 heavy (non-hydrogen) atoms. The van der Waals surface area contributed by atoms with Crippen molar-refractivity contribution >= 4 is 17.6 Å². The molecule has 2 rings (SSSR count). The largest absolute Gasteiger partial charge is 0.329 e. The van der Waals surface area contributed by atoms with Crippen molar-refractivity contribution in [3.63, 3.8) is 0 Å². The average Bonchev–Trinajstić information content (AvgIpc) is 2.78. The molecular formula is C13H20N4O2. The summed E-state index contributed by atoms with van der Waals surface area (Å²) in [7, 11) is 0. The number of urea groups is 1. The molecule has 1 aromatic rings. The van der Waals surface area contributed by atoms with Gasteiger partial charge in [-0.05, 0) is 34.1 Å². The van der Waals surface area contributed by atoms with Crippen LogP contribution in [0.1, 0.15) is 45.9 Å². The monoisotopic (exact) mass is 264 g/mol. The highest BCUT2D eigenvalue weighted by molar-refractivity contribution is 6.23. The Hall–Kier alpha value is -1.85. The molecule has 0 aromatic carbocycles. The van der Waals surface area contributed by atoms with E-state index in [1.807, 2.05) is 11.6 Å². The van der Waals surface area contributed by atoms with E-state index in [1.54, 1.807) is 20.0 Å². The Balaban J connectivity index is 2.41. The summed E-state index contributed by atoms with van der Waals surface area (Å²) in [6.45, 7) is 9.39. The van der Waals surface area contributed by atoms with Crippen LogP contribution in [0.3, 0.4) is 0 Å². The highest BCUT2D eigenvalue weighted by Gasteiger charge is 2.46. The Labute approximate surface area is 112 Å². The molecule has 1 aromatic heterocycles. The van der Waals surface area contributed by atoms with Crippen LogP contribution in [-0.4, -0.2) is 27.3 Å². The molecule has 6 heteroatoms. The lowest BCUT2D eigenvalue weighted by atomic mass is 10.1. The summed E-state index contributed by atoms with van der Waals surface area (Å²) in [5, 5.41) is 6.96. The molecule has 1 atom stereocenters. The molecule has 1 saturated heterocycles. The number of amides is 3. The van der Waals surface area contributed by atoms with Gasteiger partial charge in [-0.2, -0.15) is 5.10 Å². The van der Waals surface area contributed by atoms with Crippen molar-refractivity contribution in [1.82, 2.24) is 15.1 Å². The van der Waals surface area contributed by atoms with E-state index in [0.29, 0.717) is 5.69 Å². The predicted molar refractivity (Wildman–Crippen MR) is 72.1 cm³/mol. The van der Waals surface area contributed by atoms with Crippen LogP contribution in [0, 0.1) is 6.92 Å². The second kappa shape index (κ2) is 4.36. The molecule has 6 nitrogen and oxygen atoms in total. The van der Waals surface area contributed by atoms with E-state index in [2.05, 4.69) is 24.3 Å². The standard InChI is InChI=1S/C13H20N4O2/c1-6-8(2)17-9(3)10(7-14-17)16-11(18)13(4,5)15-12(16)19/h7-8H,6H2,1-5H3,(H,15,19). The van der Waals surface area contributed by atoms with Crippen molar-refractivity contribution in [1.29, 1.82) is 0 Å². The Morgan fingerprint density at radius 3 is 2.53 bits per heavy atom. The van der Waals surface area contributed by atoms with Gasteiger partial charge >= 0.3 is 6.03 Å². The molecule has 1 fully saturated rings. The summed E-state index contributed by atoms with van der Waals surface area (Å²) >= 11 is 0. The van der Waals surface area contributed by atoms with Crippen LogP contribution in [0.5, 0.6) is 0 Å². The Morgan fingerprint density at radius 2 is 2.05 bits per heavy atom. The number of hydrogen-bond acceptors (Lipinski definition) is 3. The molecule has 0 radical (unpaired) electrons. The average molecular weight is 264 g/mol. The minimum absolute atomic E-state index is 0.238. The third-order valence-corrected chi connectivity index (χ3v) is 3.63. The summed E-state index contributed by atoms with van der Waals surface area (Å²) in [6.07, 6.45) is 2.52. The van der Waals surface area contributed by atoms with E-state index < -0.39 is 5.54 Å². The van der Waals surface area contributed by atoms with Gasteiger partial charge in [0.1, 0.15) is 5.54 Å². The van der Waals surface area contributed by atoms with Crippen LogP contribution in [0.15, 0.2) is 6.20 Å². The van der Waals surface area contributed by atoms with Gasteiger partial charge in [0.2, 0.25) is 0 Å². The van der Waals surface area contributed by atoms with Gasteiger partial charge in [0.05, 0.1) is 17.6 Å². The zero-order valence-corrected chi connectivity index (χ0v) is 12.0. The van der Waals surface area contributed by atoms with Crippen molar-refractivity contribution in [2.75, 3.05) is 4.90 Å². The Bertz CT molecular complexity index is 533. The topological polar surface area (TPSA) is 67.2 Å². The van der Waals surface area contributed by atoms with Gasteiger partial charge in [-0.1, -0.05) is 6.92 Å². The van der Waals surface area contributed by atoms with Crippen LogP contribution in [0.25, 0.3) is 0 Å². The van der Waals surface area contributed by atoms with Gasteiger partial charge in [0.15, 0.2) is 0 Å². The lowest BCUT2D eigenvalue weighted by molar-refractivity contribution is -0.121. The van der Waals surface area contributed by atoms with Gasteiger partial charge in [-0.15, -0.1) is 0 Å². The van der Waals surface area contributed by atoms with Crippen molar-refractivity contribution in [2.24, 2.45) is 0 Å². The van der Waals surface area contributed by atoms with Crippen LogP contribution in [0.4, 0.5) is 10.5 Å². The molecule has 2 heterocycles. The van der Waals surface area contributed by atoms with E-state index in [4.69, 9.17) is 0 Å². The van der Waals surface area contributed by atoms with Crippen LogP contribution in [0.2, 0.25) is 0 Å². The van der Waals surface area contributed by atoms with Gasteiger partial charge in [-0.3, -0.25) is 9.48 Å². The van der Waals surface area contributed by atoms with Gasteiger partial charge in [0.25, 0.3) is 5.91 Å². The number of imide groups is 1. The van der Waals surface area contributed by atoms with E-state index in [9.17, 15) is 9.59 Å². The first kappa shape index (κ1) is 13.6. The summed E-state index contributed by atoms with van der Waals surface area (Å²) in [4.78, 5) is 25.4. The zero-order valence-electron chi connectivity index (χ0n) is 12.0. The molecule has 1 aliphatic heterocycles. The molecule has 0 spiro atoms. The van der Waals surface area contributed by atoms with Crippen molar-refractivity contribution < 1.29 is 9.59 Å². The number of hydrogen-bond donors (Lipinski definition) is 1. The number of anilines is 1. The number of nitrogens with one attached hydrogen (secondary N) is 1. The maximum Gasteiger partial charge on any atom is 0.329 e. The minimum Gasteiger partial charge on any atom is -0.323 e. The zero-order chi connectivity index (χ0) is 14.4. The first-order valence-corrected chi connectivity index (χ1v) is 6.50. The maximum absolute atomic E-state index is 12.2. The van der Waals surface area contributed by atoms with Crippen molar-refractivity contribution in [2.45, 2.75) is 52.6 Å². The summed E-state index contributed by atoms with van der Waals surface area (Å²) in [5.41, 5.74) is 0.533. The van der Waals surface area contributed by atoms with Crippen LogP contribution in [-0.2, 0) is 4.79 Å². The molecule has 1 unspecified atom stereocenters. The molecule has 104 valence electrons. The number of nitrogens with zero attached hydrogens (tertiary/aromatic N) is 3. The predicted octanol–water partition coefficient (Wildman–Crippen LogP) is 2.00. The second-order valence-corrected chi connectivity index (χ2v) is 5.51. The fourth-order valence-electron chi connectivity index (χ4n) is 2.22. The first-order chi connectivity index (χ1) is 8.79. The SMILES string of the molecule is CCC(C)n1ncc(N2C(=O)NC(C)(C)C2=O)c1C. The maximum atomic E-state index is 12.2. The van der Waals surface area contributed by atoms with E-state index in [-0.39, 0.29) is 18.0 Å². The third-order valence-electron chi connectivity index (χ3n) is 3.63. The summed E-state index contributed by atoms with van der Waals surface area (Å²) in [6, 6.07) is -0.149.